The molecule has 502 valence electrons. The molecule has 87 heavy (non-hydrogen) atoms. The van der Waals surface area contributed by atoms with Crippen LogP contribution in [0.2, 0.25) is 0 Å². The molecule has 0 spiro atoms. The Morgan fingerprint density at radius 2 is 0.621 bits per heavy atom. The summed E-state index contributed by atoms with van der Waals surface area (Å²) in [6.45, 7) is 2.45. The van der Waals surface area contributed by atoms with Crippen LogP contribution in [0.4, 0.5) is 0 Å². The Balaban J connectivity index is 4.56. The van der Waals surface area contributed by atoms with Gasteiger partial charge in [0.25, 0.3) is 0 Å². The molecule has 0 aromatic carbocycles. The Morgan fingerprint density at radius 3 is 1.01 bits per heavy atom. The molecule has 0 saturated carbocycles. The number of phosphoric acid groups is 2. The zero-order valence-corrected chi connectivity index (χ0v) is 56.0. The predicted octanol–water partition coefficient (Wildman–Crippen LogP) is 18.3. The normalized spacial score (nSPS) is 14.9. The summed E-state index contributed by atoms with van der Waals surface area (Å²) in [5, 5.41) is 20.5. The van der Waals surface area contributed by atoms with Crippen molar-refractivity contribution in [3.8, 4) is 0 Å². The van der Waals surface area contributed by atoms with E-state index >= 15 is 0 Å². The molecule has 0 aromatic rings. The molecule has 5 atom stereocenters. The van der Waals surface area contributed by atoms with Crippen LogP contribution in [0.25, 0.3) is 0 Å². The van der Waals surface area contributed by atoms with Gasteiger partial charge in [-0.3, -0.25) is 32.5 Å². The van der Waals surface area contributed by atoms with Gasteiger partial charge in [0.05, 0.1) is 26.4 Å². The van der Waals surface area contributed by atoms with Crippen molar-refractivity contribution >= 4 is 33.6 Å². The van der Waals surface area contributed by atoms with Crippen molar-refractivity contribution in [1.29, 1.82) is 0 Å². The third kappa shape index (κ3) is 63.8. The fourth-order valence-electron chi connectivity index (χ4n) is 8.61. The summed E-state index contributed by atoms with van der Waals surface area (Å²) >= 11 is 0. The van der Waals surface area contributed by atoms with Crippen molar-refractivity contribution in [3.63, 3.8) is 0 Å². The average Bonchev–Trinajstić information content (AvgIpc) is 3.54. The van der Waals surface area contributed by atoms with Gasteiger partial charge in [0.2, 0.25) is 0 Å². The van der Waals surface area contributed by atoms with Gasteiger partial charge in [-0.05, 0) is 116 Å². The molecular weight excluding hydrogens is 1150 g/mol. The SMILES string of the molecule is CC/C=C\C/C=C\C/C=C\CCCCCCCCCC(=O)OCC(COP(=O)(O)OCC(O)COP(=O)(O)OCC(O)COC(=O)CCCCCCCCC/C=C\C/C=C\C/C=C\C/C=C\CCCCC)OC(=O)CCCCCCC/C=C\CCCC. The highest BCUT2D eigenvalue weighted by Gasteiger charge is 2.29. The molecule has 4 N–H and O–H groups in total. The molecule has 0 aliphatic carbocycles. The fourth-order valence-corrected chi connectivity index (χ4v) is 10.2. The first kappa shape index (κ1) is 83.5. The molecule has 18 heteroatoms. The smallest absolute Gasteiger partial charge is 0.463 e. The number of hydrogen-bond acceptors (Lipinski definition) is 14. The van der Waals surface area contributed by atoms with E-state index in [4.69, 9.17) is 32.3 Å². The summed E-state index contributed by atoms with van der Waals surface area (Å²) in [5.41, 5.74) is 0. The number of phosphoric ester groups is 2. The van der Waals surface area contributed by atoms with E-state index in [0.29, 0.717) is 19.3 Å². The van der Waals surface area contributed by atoms with E-state index in [1.165, 1.54) is 38.5 Å². The largest absolute Gasteiger partial charge is 0.472 e. The molecule has 0 fully saturated rings. The van der Waals surface area contributed by atoms with Gasteiger partial charge >= 0.3 is 33.6 Å². The molecule has 0 aliphatic rings. The summed E-state index contributed by atoms with van der Waals surface area (Å²) in [7, 11) is -9.77. The van der Waals surface area contributed by atoms with Gasteiger partial charge in [-0.1, -0.05) is 227 Å². The molecule has 16 nitrogen and oxygen atoms in total. The summed E-state index contributed by atoms with van der Waals surface area (Å²) in [4.78, 5) is 58.2. The van der Waals surface area contributed by atoms with Crippen molar-refractivity contribution < 1.29 is 75.8 Å². The van der Waals surface area contributed by atoms with Crippen LogP contribution in [-0.2, 0) is 55.8 Å². The monoisotopic (exact) mass is 1270 g/mol. The molecule has 5 unspecified atom stereocenters. The fraction of sp³-hybridized carbons (Fsp3) is 0.725. The number of allylic oxidation sites excluding steroid dienone is 16. The molecule has 0 amide bonds. The first-order valence-electron chi connectivity index (χ1n) is 33.5. The van der Waals surface area contributed by atoms with E-state index in [-0.39, 0.29) is 19.3 Å². The Labute approximate surface area is 527 Å². The minimum Gasteiger partial charge on any atom is -0.463 e. The van der Waals surface area contributed by atoms with E-state index in [9.17, 15) is 43.5 Å². The molecule has 0 aromatic heterocycles. The van der Waals surface area contributed by atoms with Crippen LogP contribution in [0.15, 0.2) is 97.2 Å². The van der Waals surface area contributed by atoms with Crippen LogP contribution in [0.3, 0.4) is 0 Å². The molecule has 0 bridgehead atoms. The molecular formula is C69H120O16P2. The Morgan fingerprint density at radius 1 is 0.333 bits per heavy atom. The quantitative estimate of drug-likeness (QED) is 0.0146. The Hall–Kier alpha value is -3.53. The predicted molar refractivity (Wildman–Crippen MR) is 353 cm³/mol. The van der Waals surface area contributed by atoms with Gasteiger partial charge in [-0.15, -0.1) is 0 Å². The van der Waals surface area contributed by atoms with E-state index in [1.807, 2.05) is 0 Å². The number of ether oxygens (including phenoxy) is 3. The standard InChI is InChI=1S/C69H120O16P2/c1-4-7-10-13-16-19-22-24-26-28-29-30-31-32-33-35-37-38-41-43-46-49-52-55-67(72)79-58-64(70)59-81-86(75,76)82-60-65(71)61-83-87(77,78)84-63-66(85-69(74)57-54-51-48-45-40-21-18-15-12-9-6-3)62-80-68(73)56-53-50-47-44-42-39-36-34-27-25-23-20-17-14-11-8-5-2/h8,11,15-20,24-27,29-30,32-33,64-66,70-71H,4-7,9-10,12-14,21-23,28,31,34-63H2,1-3H3,(H,75,76)(H,77,78)/b11-8-,18-15-,19-16-,20-17-,26-24-,27-25-,30-29-,33-32-. The van der Waals surface area contributed by atoms with Gasteiger partial charge in [0, 0.05) is 19.3 Å². The van der Waals surface area contributed by atoms with Gasteiger partial charge in [0.15, 0.2) is 6.10 Å². The van der Waals surface area contributed by atoms with E-state index < -0.39 is 91.5 Å². The summed E-state index contributed by atoms with van der Waals surface area (Å²) in [5.74, 6) is -1.61. The number of rotatable bonds is 63. The summed E-state index contributed by atoms with van der Waals surface area (Å²) in [6.07, 6.45) is 67.5. The second kappa shape index (κ2) is 62.7. The second-order valence-corrected chi connectivity index (χ2v) is 25.1. The van der Waals surface area contributed by atoms with Crippen molar-refractivity contribution in [1.82, 2.24) is 0 Å². The van der Waals surface area contributed by atoms with Crippen LogP contribution in [0, 0.1) is 0 Å². The molecule has 0 saturated heterocycles. The lowest BCUT2D eigenvalue weighted by molar-refractivity contribution is -0.161. The van der Waals surface area contributed by atoms with Gasteiger partial charge in [0.1, 0.15) is 25.4 Å². The lowest BCUT2D eigenvalue weighted by Gasteiger charge is -2.21. The zero-order valence-electron chi connectivity index (χ0n) is 54.2. The minimum atomic E-state index is -4.92. The maximum Gasteiger partial charge on any atom is 0.472 e. The van der Waals surface area contributed by atoms with Crippen LogP contribution >= 0.6 is 15.6 Å². The highest BCUT2D eigenvalue weighted by atomic mass is 31.2. The van der Waals surface area contributed by atoms with Crippen LogP contribution in [-0.4, -0.2) is 95.9 Å². The highest BCUT2D eigenvalue weighted by molar-refractivity contribution is 7.47. The Kier molecular flexibility index (Phi) is 60.1. The van der Waals surface area contributed by atoms with Crippen molar-refractivity contribution in [2.75, 3.05) is 39.6 Å². The van der Waals surface area contributed by atoms with Gasteiger partial charge in [-0.2, -0.15) is 0 Å². The van der Waals surface area contributed by atoms with Crippen LogP contribution in [0.1, 0.15) is 265 Å². The number of unbranched alkanes of at least 4 members (excludes halogenated alkanes) is 24. The number of carbonyl (C=O) groups excluding carboxylic acids is 3. The molecule has 0 radical (unpaired) electrons. The van der Waals surface area contributed by atoms with Gasteiger partial charge < -0.3 is 34.2 Å². The zero-order chi connectivity index (χ0) is 63.8. The summed E-state index contributed by atoms with van der Waals surface area (Å²) in [6, 6.07) is 0. The summed E-state index contributed by atoms with van der Waals surface area (Å²) < 4.78 is 60.7. The lowest BCUT2D eigenvalue weighted by atomic mass is 10.1. The third-order valence-electron chi connectivity index (χ3n) is 13.8. The molecule has 0 heterocycles. The first-order valence-corrected chi connectivity index (χ1v) is 36.5. The number of aliphatic hydroxyl groups excluding tert-OH is 2. The number of carbonyl (C=O) groups is 3. The van der Waals surface area contributed by atoms with Crippen molar-refractivity contribution in [2.24, 2.45) is 0 Å². The second-order valence-electron chi connectivity index (χ2n) is 22.2. The third-order valence-corrected chi connectivity index (χ3v) is 15.7. The first-order chi connectivity index (χ1) is 42.2. The number of aliphatic hydroxyl groups is 2. The highest BCUT2D eigenvalue weighted by Crippen LogP contribution is 2.45. The van der Waals surface area contributed by atoms with E-state index in [0.717, 1.165) is 167 Å². The number of hydrogen-bond donors (Lipinski definition) is 4. The minimum absolute atomic E-state index is 0.0908. The number of esters is 3. The van der Waals surface area contributed by atoms with Crippen molar-refractivity contribution in [2.45, 2.75) is 283 Å². The lowest BCUT2D eigenvalue weighted by Crippen LogP contribution is -2.30. The molecule has 0 aliphatic heterocycles. The maximum atomic E-state index is 12.9. The van der Waals surface area contributed by atoms with Crippen LogP contribution < -0.4 is 0 Å². The maximum absolute atomic E-state index is 12.9. The molecule has 0 rings (SSSR count). The topological polar surface area (TPSA) is 231 Å². The van der Waals surface area contributed by atoms with Crippen LogP contribution in [0.5, 0.6) is 0 Å². The Bertz CT molecular complexity index is 1980. The van der Waals surface area contributed by atoms with E-state index in [2.05, 4.69) is 118 Å². The average molecular weight is 1270 g/mol. The van der Waals surface area contributed by atoms with Crippen molar-refractivity contribution in [3.05, 3.63) is 97.2 Å². The van der Waals surface area contributed by atoms with Gasteiger partial charge in [-0.25, -0.2) is 9.13 Å². The van der Waals surface area contributed by atoms with E-state index in [1.54, 1.807) is 0 Å².